The van der Waals surface area contributed by atoms with Crippen LogP contribution in [0.3, 0.4) is 0 Å². The van der Waals surface area contributed by atoms with Crippen LogP contribution in [-0.4, -0.2) is 28.3 Å². The number of nitrogens with zero attached hydrogens (tertiary/aromatic N) is 1. The highest BCUT2D eigenvalue weighted by atomic mass is 19.4. The van der Waals surface area contributed by atoms with Gasteiger partial charge in [0.1, 0.15) is 23.1 Å². The maximum atomic E-state index is 13.7. The van der Waals surface area contributed by atoms with Gasteiger partial charge in [0.15, 0.2) is 0 Å². The molecule has 1 atom stereocenters. The van der Waals surface area contributed by atoms with Crippen molar-refractivity contribution in [2.24, 2.45) is 0 Å². The molecular weight excluding hydrogens is 470 g/mol. The number of hydrogen-bond donors (Lipinski definition) is 2. The first-order chi connectivity index (χ1) is 16.5. The number of phenolic OH excluding ortho intramolecular Hbond substituents is 1. The Morgan fingerprint density at radius 1 is 0.971 bits per heavy atom. The number of ether oxygens (including phenoxy) is 1. The van der Waals surface area contributed by atoms with Gasteiger partial charge >= 0.3 is 6.36 Å². The molecule has 3 aromatic carbocycles. The number of aryl methyl sites for hydroxylation is 1. The first-order valence-corrected chi connectivity index (χ1v) is 10.2. The third-order valence-electron chi connectivity index (χ3n) is 5.43. The van der Waals surface area contributed by atoms with Gasteiger partial charge in [0.25, 0.3) is 11.7 Å². The zero-order valence-electron chi connectivity index (χ0n) is 18.0. The minimum Gasteiger partial charge on any atom is -0.508 e. The molecule has 0 aromatic heterocycles. The number of hydrogen-bond acceptors (Lipinski definition) is 5. The van der Waals surface area contributed by atoms with Crippen molar-refractivity contribution in [1.82, 2.24) is 0 Å². The fourth-order valence-corrected chi connectivity index (χ4v) is 3.83. The van der Waals surface area contributed by atoms with E-state index in [1.165, 1.54) is 55.5 Å². The Morgan fingerprint density at radius 3 is 2.17 bits per heavy atom. The molecule has 0 radical (unpaired) electrons. The Bertz CT molecular complexity index is 1330. The van der Waals surface area contributed by atoms with Crippen LogP contribution in [0.1, 0.15) is 22.7 Å². The van der Waals surface area contributed by atoms with Crippen LogP contribution >= 0.6 is 0 Å². The molecule has 2 N–H and O–H groups in total. The summed E-state index contributed by atoms with van der Waals surface area (Å²) in [4.78, 5) is 27.1. The standard InChI is InChI=1S/C25H17F4NO5/c1-13-12-15(4-11-19(13)26)22(32)20-21(14-2-7-17(31)8-3-14)30(24(34)23(20)33)16-5-9-18(10-6-16)35-25(27,28)29/h2-12,21,31-32H,1H3/b22-20-. The lowest BCUT2D eigenvalue weighted by molar-refractivity contribution is -0.274. The summed E-state index contributed by atoms with van der Waals surface area (Å²) >= 11 is 0. The van der Waals surface area contributed by atoms with Crippen LogP contribution in [0, 0.1) is 12.7 Å². The maximum Gasteiger partial charge on any atom is 0.573 e. The van der Waals surface area contributed by atoms with Gasteiger partial charge in [-0.2, -0.15) is 0 Å². The number of ketones is 1. The molecule has 1 unspecified atom stereocenters. The van der Waals surface area contributed by atoms with E-state index in [1.54, 1.807) is 0 Å². The lowest BCUT2D eigenvalue weighted by atomic mass is 9.94. The molecule has 0 spiro atoms. The Hall–Kier alpha value is -4.34. The number of aliphatic hydroxyl groups excluding tert-OH is 1. The van der Waals surface area contributed by atoms with Gasteiger partial charge < -0.3 is 14.9 Å². The van der Waals surface area contributed by atoms with Gasteiger partial charge in [-0.25, -0.2) is 4.39 Å². The lowest BCUT2D eigenvalue weighted by Gasteiger charge is -2.25. The highest BCUT2D eigenvalue weighted by Crippen LogP contribution is 2.43. The number of aromatic hydroxyl groups is 1. The van der Waals surface area contributed by atoms with Crippen LogP contribution in [-0.2, 0) is 9.59 Å². The number of rotatable bonds is 4. The first-order valence-electron chi connectivity index (χ1n) is 10.2. The lowest BCUT2D eigenvalue weighted by Crippen LogP contribution is -2.29. The van der Waals surface area contributed by atoms with Gasteiger partial charge in [0.05, 0.1) is 11.6 Å². The number of halogens is 4. The molecule has 0 aliphatic carbocycles. The van der Waals surface area contributed by atoms with E-state index in [0.29, 0.717) is 5.56 Å². The summed E-state index contributed by atoms with van der Waals surface area (Å²) in [6.07, 6.45) is -4.91. The second-order valence-corrected chi connectivity index (χ2v) is 7.77. The van der Waals surface area contributed by atoms with Gasteiger partial charge in [0.2, 0.25) is 0 Å². The van der Waals surface area contributed by atoms with Gasteiger partial charge in [-0.1, -0.05) is 12.1 Å². The van der Waals surface area contributed by atoms with E-state index >= 15 is 0 Å². The van der Waals surface area contributed by atoms with Crippen LogP contribution in [0.4, 0.5) is 23.2 Å². The Labute approximate surface area is 196 Å². The summed E-state index contributed by atoms with van der Waals surface area (Å²) < 4.78 is 55.1. The third-order valence-corrected chi connectivity index (χ3v) is 5.43. The first kappa shape index (κ1) is 23.8. The van der Waals surface area contributed by atoms with Crippen LogP contribution in [0.2, 0.25) is 0 Å². The minimum atomic E-state index is -4.91. The van der Waals surface area contributed by atoms with Crippen LogP contribution in [0.25, 0.3) is 5.76 Å². The number of anilines is 1. The van der Waals surface area contributed by atoms with Gasteiger partial charge in [0, 0.05) is 11.3 Å². The predicted molar refractivity (Wildman–Crippen MR) is 117 cm³/mol. The van der Waals surface area contributed by atoms with E-state index in [4.69, 9.17) is 0 Å². The maximum absolute atomic E-state index is 13.7. The van der Waals surface area contributed by atoms with Crippen molar-refractivity contribution >= 4 is 23.1 Å². The molecule has 1 aliphatic rings. The van der Waals surface area contributed by atoms with Crippen LogP contribution in [0.5, 0.6) is 11.5 Å². The predicted octanol–water partition coefficient (Wildman–Crippen LogP) is 5.36. The molecule has 1 aliphatic heterocycles. The van der Waals surface area contributed by atoms with Gasteiger partial charge in [-0.05, 0) is 72.6 Å². The summed E-state index contributed by atoms with van der Waals surface area (Å²) in [6.45, 7) is 1.47. The molecule has 6 nitrogen and oxygen atoms in total. The fourth-order valence-electron chi connectivity index (χ4n) is 3.83. The summed E-state index contributed by atoms with van der Waals surface area (Å²) in [6, 6.07) is 12.3. The molecule has 0 bridgehead atoms. The average Bonchev–Trinajstić information content (AvgIpc) is 3.06. The average molecular weight is 487 g/mol. The number of alkyl halides is 3. The molecule has 3 aromatic rings. The molecule has 180 valence electrons. The fraction of sp³-hybridized carbons (Fsp3) is 0.120. The van der Waals surface area contributed by atoms with Crippen LogP contribution < -0.4 is 9.64 Å². The monoisotopic (exact) mass is 487 g/mol. The van der Waals surface area contributed by atoms with E-state index in [9.17, 15) is 37.4 Å². The number of phenols is 1. The highest BCUT2D eigenvalue weighted by Gasteiger charge is 2.47. The Balaban J connectivity index is 1.86. The van der Waals surface area contributed by atoms with Crippen molar-refractivity contribution < 1.29 is 42.1 Å². The molecule has 1 saturated heterocycles. The highest BCUT2D eigenvalue weighted by molar-refractivity contribution is 6.51. The van der Waals surface area contributed by atoms with E-state index < -0.39 is 41.4 Å². The topological polar surface area (TPSA) is 87.1 Å². The second-order valence-electron chi connectivity index (χ2n) is 7.77. The number of carbonyl (C=O) groups excluding carboxylic acids is 2. The summed E-state index contributed by atoms with van der Waals surface area (Å²) in [7, 11) is 0. The van der Waals surface area contributed by atoms with Crippen molar-refractivity contribution in [1.29, 1.82) is 0 Å². The number of aliphatic hydroxyl groups is 1. The van der Waals surface area contributed by atoms with Crippen molar-refractivity contribution in [3.05, 3.63) is 94.8 Å². The second kappa shape index (κ2) is 8.79. The molecule has 1 fully saturated rings. The van der Waals surface area contributed by atoms with Crippen molar-refractivity contribution in [3.8, 4) is 11.5 Å². The van der Waals surface area contributed by atoms with E-state index in [-0.39, 0.29) is 28.1 Å². The Morgan fingerprint density at radius 2 is 1.60 bits per heavy atom. The molecule has 1 amide bonds. The van der Waals surface area contributed by atoms with Crippen molar-refractivity contribution in [2.45, 2.75) is 19.3 Å². The zero-order valence-corrected chi connectivity index (χ0v) is 18.0. The van der Waals surface area contributed by atoms with Crippen LogP contribution in [0.15, 0.2) is 72.3 Å². The largest absolute Gasteiger partial charge is 0.573 e. The van der Waals surface area contributed by atoms with Gasteiger partial charge in [-0.15, -0.1) is 13.2 Å². The molecule has 10 heteroatoms. The SMILES string of the molecule is Cc1cc(/C(O)=C2/C(=O)C(=O)N(c3ccc(OC(F)(F)F)cc3)C2c2ccc(O)cc2)ccc1F. The molecule has 4 rings (SSSR count). The minimum absolute atomic E-state index is 0.0639. The summed E-state index contributed by atoms with van der Waals surface area (Å²) in [5.74, 6) is -3.78. The number of carbonyl (C=O) groups is 2. The molecular formula is C25H17F4NO5. The number of Topliss-reactive ketones (excluding diaryl/α,β-unsaturated/α-hetero) is 1. The molecule has 1 heterocycles. The van der Waals surface area contributed by atoms with E-state index in [1.807, 2.05) is 0 Å². The smallest absolute Gasteiger partial charge is 0.508 e. The number of amides is 1. The van der Waals surface area contributed by atoms with Crippen molar-refractivity contribution in [3.63, 3.8) is 0 Å². The quantitative estimate of drug-likeness (QED) is 0.224. The van der Waals surface area contributed by atoms with Gasteiger partial charge in [-0.3, -0.25) is 14.5 Å². The van der Waals surface area contributed by atoms with E-state index in [0.717, 1.165) is 23.1 Å². The Kier molecular flexibility index (Phi) is 5.98. The number of benzene rings is 3. The summed E-state index contributed by atoms with van der Waals surface area (Å²) in [5, 5.41) is 20.7. The normalized spacial score (nSPS) is 17.6. The summed E-state index contributed by atoms with van der Waals surface area (Å²) in [5.41, 5.74) is 0.388. The molecule has 35 heavy (non-hydrogen) atoms. The van der Waals surface area contributed by atoms with E-state index in [2.05, 4.69) is 4.74 Å². The van der Waals surface area contributed by atoms with Crippen molar-refractivity contribution in [2.75, 3.05) is 4.90 Å². The zero-order chi connectivity index (χ0) is 25.5. The molecule has 0 saturated carbocycles. The third kappa shape index (κ3) is 4.68.